The van der Waals surface area contributed by atoms with Gasteiger partial charge in [0.15, 0.2) is 5.69 Å². The van der Waals surface area contributed by atoms with Crippen LogP contribution in [0.15, 0.2) is 28.7 Å². The van der Waals surface area contributed by atoms with Crippen LogP contribution < -0.4 is 0 Å². The standard InChI is InChI=1S/C12H9BrF2N2O2/c1-17-10(5-9(16-17)12(18)19)8-4-6(13)2-3-7(8)11(14)15/h2-5,11H,1H3,(H,18,19). The summed E-state index contributed by atoms with van der Waals surface area (Å²) in [6.07, 6.45) is -2.65. The zero-order valence-corrected chi connectivity index (χ0v) is 11.4. The molecule has 0 aliphatic carbocycles. The van der Waals surface area contributed by atoms with Crippen molar-refractivity contribution < 1.29 is 18.7 Å². The average molecular weight is 331 g/mol. The Morgan fingerprint density at radius 1 is 1.42 bits per heavy atom. The van der Waals surface area contributed by atoms with Gasteiger partial charge in [-0.05, 0) is 18.2 Å². The van der Waals surface area contributed by atoms with E-state index in [0.29, 0.717) is 10.2 Å². The van der Waals surface area contributed by atoms with Crippen molar-refractivity contribution in [2.75, 3.05) is 0 Å². The van der Waals surface area contributed by atoms with E-state index < -0.39 is 12.4 Å². The van der Waals surface area contributed by atoms with Crippen LogP contribution in [-0.2, 0) is 7.05 Å². The fraction of sp³-hybridized carbons (Fsp3) is 0.167. The molecule has 2 aromatic rings. The van der Waals surface area contributed by atoms with E-state index in [9.17, 15) is 13.6 Å². The fourth-order valence-electron chi connectivity index (χ4n) is 1.76. The molecule has 1 heterocycles. The molecule has 0 fully saturated rings. The summed E-state index contributed by atoms with van der Waals surface area (Å²) in [5.41, 5.74) is 0.238. The Balaban J connectivity index is 2.64. The average Bonchev–Trinajstić information content (AvgIpc) is 2.71. The second-order valence-electron chi connectivity index (χ2n) is 3.88. The highest BCUT2D eigenvalue weighted by Crippen LogP contribution is 2.33. The predicted molar refractivity (Wildman–Crippen MR) is 68.3 cm³/mol. The minimum absolute atomic E-state index is 0.164. The van der Waals surface area contributed by atoms with E-state index in [1.54, 1.807) is 0 Å². The molecule has 0 atom stereocenters. The number of carbonyl (C=O) groups is 1. The summed E-state index contributed by atoms with van der Waals surface area (Å²) < 4.78 is 27.9. The monoisotopic (exact) mass is 330 g/mol. The van der Waals surface area contributed by atoms with Crippen molar-refractivity contribution in [3.63, 3.8) is 0 Å². The molecule has 0 spiro atoms. The number of halogens is 3. The quantitative estimate of drug-likeness (QED) is 0.937. The molecule has 0 unspecified atom stereocenters. The third-order valence-electron chi connectivity index (χ3n) is 2.63. The van der Waals surface area contributed by atoms with Crippen LogP contribution in [0.3, 0.4) is 0 Å². The van der Waals surface area contributed by atoms with Gasteiger partial charge in [-0.3, -0.25) is 4.68 Å². The van der Waals surface area contributed by atoms with Crippen LogP contribution in [0.5, 0.6) is 0 Å². The third kappa shape index (κ3) is 2.65. The number of alkyl halides is 2. The van der Waals surface area contributed by atoms with Gasteiger partial charge in [0.05, 0.1) is 5.69 Å². The Bertz CT molecular complexity index is 641. The van der Waals surface area contributed by atoms with E-state index in [-0.39, 0.29) is 16.8 Å². The molecule has 0 saturated heterocycles. The molecular weight excluding hydrogens is 322 g/mol. The van der Waals surface area contributed by atoms with Gasteiger partial charge in [0.1, 0.15) is 0 Å². The first-order valence-corrected chi connectivity index (χ1v) is 6.04. The Morgan fingerprint density at radius 3 is 2.63 bits per heavy atom. The van der Waals surface area contributed by atoms with Crippen molar-refractivity contribution in [2.45, 2.75) is 6.43 Å². The van der Waals surface area contributed by atoms with Crippen LogP contribution in [0, 0.1) is 0 Å². The van der Waals surface area contributed by atoms with E-state index in [0.717, 1.165) is 0 Å². The van der Waals surface area contributed by atoms with Gasteiger partial charge in [0, 0.05) is 22.6 Å². The number of nitrogens with zero attached hydrogens (tertiary/aromatic N) is 2. The molecule has 0 saturated carbocycles. The van der Waals surface area contributed by atoms with Crippen LogP contribution in [0.1, 0.15) is 22.5 Å². The minimum atomic E-state index is -2.65. The first kappa shape index (κ1) is 13.7. The number of carboxylic acid groups (broad SMARTS) is 1. The van der Waals surface area contributed by atoms with Gasteiger partial charge in [-0.1, -0.05) is 22.0 Å². The van der Waals surface area contributed by atoms with Gasteiger partial charge >= 0.3 is 5.97 Å². The van der Waals surface area contributed by atoms with Crippen molar-refractivity contribution >= 4 is 21.9 Å². The van der Waals surface area contributed by atoms with Crippen molar-refractivity contribution in [3.8, 4) is 11.3 Å². The summed E-state index contributed by atoms with van der Waals surface area (Å²) in [4.78, 5) is 10.9. The maximum Gasteiger partial charge on any atom is 0.356 e. The molecule has 0 bridgehead atoms. The Labute approximate surface area is 115 Å². The van der Waals surface area contributed by atoms with Gasteiger partial charge in [-0.2, -0.15) is 5.10 Å². The molecule has 19 heavy (non-hydrogen) atoms. The minimum Gasteiger partial charge on any atom is -0.476 e. The SMILES string of the molecule is Cn1nc(C(=O)O)cc1-c1cc(Br)ccc1C(F)F. The summed E-state index contributed by atoms with van der Waals surface area (Å²) in [5.74, 6) is -1.20. The molecule has 1 aromatic heterocycles. The molecule has 0 amide bonds. The van der Waals surface area contributed by atoms with Crippen molar-refractivity contribution in [1.82, 2.24) is 9.78 Å². The van der Waals surface area contributed by atoms with E-state index in [1.807, 2.05) is 0 Å². The van der Waals surface area contributed by atoms with Crippen molar-refractivity contribution in [1.29, 1.82) is 0 Å². The highest BCUT2D eigenvalue weighted by molar-refractivity contribution is 9.10. The van der Waals surface area contributed by atoms with E-state index >= 15 is 0 Å². The summed E-state index contributed by atoms with van der Waals surface area (Å²) in [7, 11) is 1.51. The lowest BCUT2D eigenvalue weighted by Gasteiger charge is -2.09. The Morgan fingerprint density at radius 2 is 2.11 bits per heavy atom. The van der Waals surface area contributed by atoms with Crippen molar-refractivity contribution in [2.24, 2.45) is 7.05 Å². The Hall–Kier alpha value is -1.76. The van der Waals surface area contributed by atoms with Crippen molar-refractivity contribution in [3.05, 3.63) is 40.0 Å². The molecule has 1 aromatic carbocycles. The molecule has 0 radical (unpaired) electrons. The second kappa shape index (κ2) is 5.08. The number of carboxylic acids is 1. The molecule has 0 aliphatic rings. The number of hydrogen-bond donors (Lipinski definition) is 1. The molecule has 1 N–H and O–H groups in total. The van der Waals surface area contributed by atoms with Crippen LogP contribution in [0.4, 0.5) is 8.78 Å². The third-order valence-corrected chi connectivity index (χ3v) is 3.12. The van der Waals surface area contributed by atoms with Crippen LogP contribution in [0.25, 0.3) is 11.3 Å². The molecule has 100 valence electrons. The summed E-state index contributed by atoms with van der Waals surface area (Å²) in [5, 5.41) is 12.6. The van der Waals surface area contributed by atoms with Gasteiger partial charge in [0.2, 0.25) is 0 Å². The lowest BCUT2D eigenvalue weighted by atomic mass is 10.0. The summed E-state index contributed by atoms with van der Waals surface area (Å²) >= 11 is 3.21. The smallest absolute Gasteiger partial charge is 0.356 e. The predicted octanol–water partition coefficient (Wildman–Crippen LogP) is 3.49. The van der Waals surface area contributed by atoms with E-state index in [2.05, 4.69) is 21.0 Å². The fourth-order valence-corrected chi connectivity index (χ4v) is 2.13. The summed E-state index contributed by atoms with van der Waals surface area (Å²) in [6, 6.07) is 5.61. The number of aromatic nitrogens is 2. The van der Waals surface area contributed by atoms with Gasteiger partial charge < -0.3 is 5.11 Å². The van der Waals surface area contributed by atoms with Gasteiger partial charge in [-0.15, -0.1) is 0 Å². The van der Waals surface area contributed by atoms with E-state index in [1.165, 1.54) is 36.0 Å². The lowest BCUT2D eigenvalue weighted by molar-refractivity contribution is 0.0689. The lowest BCUT2D eigenvalue weighted by Crippen LogP contribution is -2.00. The largest absolute Gasteiger partial charge is 0.476 e. The van der Waals surface area contributed by atoms with Gasteiger partial charge in [-0.25, -0.2) is 13.6 Å². The molecule has 4 nitrogen and oxygen atoms in total. The van der Waals surface area contributed by atoms with E-state index in [4.69, 9.17) is 5.11 Å². The summed E-state index contributed by atoms with van der Waals surface area (Å²) in [6.45, 7) is 0. The molecule has 0 aliphatic heterocycles. The highest BCUT2D eigenvalue weighted by Gasteiger charge is 2.19. The first-order chi connectivity index (χ1) is 8.90. The topological polar surface area (TPSA) is 55.1 Å². The van der Waals surface area contributed by atoms with Crippen LogP contribution in [0.2, 0.25) is 0 Å². The normalized spacial score (nSPS) is 11.0. The molecule has 2 rings (SSSR count). The molecular formula is C12H9BrF2N2O2. The number of hydrogen-bond acceptors (Lipinski definition) is 2. The number of aryl methyl sites for hydroxylation is 1. The molecule has 7 heteroatoms. The Kier molecular flexibility index (Phi) is 3.66. The second-order valence-corrected chi connectivity index (χ2v) is 4.79. The zero-order valence-electron chi connectivity index (χ0n) is 9.77. The van der Waals surface area contributed by atoms with Crippen LogP contribution >= 0.6 is 15.9 Å². The number of aromatic carboxylic acids is 1. The first-order valence-electron chi connectivity index (χ1n) is 5.25. The maximum absolute atomic E-state index is 13.0. The number of benzene rings is 1. The number of rotatable bonds is 3. The maximum atomic E-state index is 13.0. The zero-order chi connectivity index (χ0) is 14.2. The van der Waals surface area contributed by atoms with Crippen LogP contribution in [-0.4, -0.2) is 20.9 Å². The highest BCUT2D eigenvalue weighted by atomic mass is 79.9. The van der Waals surface area contributed by atoms with Gasteiger partial charge in [0.25, 0.3) is 6.43 Å².